The average Bonchev–Trinajstić information content (AvgIpc) is 2.71. The molecule has 6 heteroatoms. The zero-order valence-corrected chi connectivity index (χ0v) is 9.85. The Morgan fingerprint density at radius 2 is 1.88 bits per heavy atom. The van der Waals surface area contributed by atoms with Gasteiger partial charge in [-0.15, -0.1) is 0 Å². The molecule has 0 radical (unpaired) electrons. The first-order chi connectivity index (χ1) is 7.97. The molecule has 0 bridgehead atoms. The number of alkyl halides is 3. The molecule has 0 aromatic heterocycles. The Balaban J connectivity index is 2.04. The van der Waals surface area contributed by atoms with E-state index in [4.69, 9.17) is 0 Å². The number of halogens is 3. The minimum atomic E-state index is -4.25. The molecule has 1 aliphatic carbocycles. The second-order valence-corrected chi connectivity index (χ2v) is 4.71. The number of rotatable bonds is 7. The standard InChI is InChI=1S/C11H20F3NO2/c12-11(13,14)9-17-6-5-15-7-10(8-16)3-1-2-4-10/h15-16H,1-9H2. The fraction of sp³-hybridized carbons (Fsp3) is 1.00. The minimum absolute atomic E-state index is 0.0427. The summed E-state index contributed by atoms with van der Waals surface area (Å²) >= 11 is 0. The molecule has 0 aromatic carbocycles. The van der Waals surface area contributed by atoms with Gasteiger partial charge in [0.15, 0.2) is 0 Å². The lowest BCUT2D eigenvalue weighted by molar-refractivity contribution is -0.173. The van der Waals surface area contributed by atoms with E-state index < -0.39 is 12.8 Å². The highest BCUT2D eigenvalue weighted by Gasteiger charge is 2.32. The summed E-state index contributed by atoms with van der Waals surface area (Å²) in [6, 6.07) is 0. The summed E-state index contributed by atoms with van der Waals surface area (Å²) in [5, 5.41) is 12.4. The van der Waals surface area contributed by atoms with E-state index in [0.29, 0.717) is 13.1 Å². The fourth-order valence-electron chi connectivity index (χ4n) is 2.20. The highest BCUT2D eigenvalue weighted by molar-refractivity contribution is 4.85. The van der Waals surface area contributed by atoms with Crippen molar-refractivity contribution in [3.63, 3.8) is 0 Å². The van der Waals surface area contributed by atoms with Crippen LogP contribution >= 0.6 is 0 Å². The van der Waals surface area contributed by atoms with Gasteiger partial charge in [0.05, 0.1) is 6.61 Å². The predicted octanol–water partition coefficient (Wildman–Crippen LogP) is 1.71. The Kier molecular flexibility index (Phi) is 5.69. The van der Waals surface area contributed by atoms with Gasteiger partial charge in [0.2, 0.25) is 0 Å². The topological polar surface area (TPSA) is 41.5 Å². The molecule has 0 aromatic rings. The van der Waals surface area contributed by atoms with Gasteiger partial charge in [0.1, 0.15) is 6.61 Å². The summed E-state index contributed by atoms with van der Waals surface area (Å²) in [4.78, 5) is 0. The maximum Gasteiger partial charge on any atom is 0.411 e. The van der Waals surface area contributed by atoms with Crippen LogP contribution in [0.15, 0.2) is 0 Å². The van der Waals surface area contributed by atoms with Gasteiger partial charge >= 0.3 is 6.18 Å². The molecule has 0 unspecified atom stereocenters. The Bertz CT molecular complexity index is 215. The number of hydrogen-bond acceptors (Lipinski definition) is 3. The SMILES string of the molecule is OCC1(CNCCOCC(F)(F)F)CCCC1. The second kappa shape index (κ2) is 6.56. The number of aliphatic hydroxyl groups is 1. The first-order valence-corrected chi connectivity index (χ1v) is 5.94. The van der Waals surface area contributed by atoms with E-state index in [1.165, 1.54) is 0 Å². The lowest BCUT2D eigenvalue weighted by atomic mass is 9.87. The maximum absolute atomic E-state index is 11.7. The van der Waals surface area contributed by atoms with Crippen LogP contribution in [0.4, 0.5) is 13.2 Å². The minimum Gasteiger partial charge on any atom is -0.396 e. The van der Waals surface area contributed by atoms with E-state index in [0.717, 1.165) is 25.7 Å². The number of aliphatic hydroxyl groups excluding tert-OH is 1. The molecule has 2 N–H and O–H groups in total. The van der Waals surface area contributed by atoms with E-state index in [1.54, 1.807) is 0 Å². The number of ether oxygens (including phenoxy) is 1. The van der Waals surface area contributed by atoms with E-state index in [9.17, 15) is 18.3 Å². The highest BCUT2D eigenvalue weighted by atomic mass is 19.4. The smallest absolute Gasteiger partial charge is 0.396 e. The van der Waals surface area contributed by atoms with Crippen molar-refractivity contribution in [2.75, 3.05) is 32.9 Å². The van der Waals surface area contributed by atoms with Crippen LogP contribution in [0.25, 0.3) is 0 Å². The van der Waals surface area contributed by atoms with Crippen molar-refractivity contribution >= 4 is 0 Å². The third kappa shape index (κ3) is 5.70. The van der Waals surface area contributed by atoms with Gasteiger partial charge in [-0.1, -0.05) is 12.8 Å². The molecule has 3 nitrogen and oxygen atoms in total. The van der Waals surface area contributed by atoms with Crippen molar-refractivity contribution in [3.8, 4) is 0 Å². The largest absolute Gasteiger partial charge is 0.411 e. The maximum atomic E-state index is 11.7. The van der Waals surface area contributed by atoms with Crippen LogP contribution in [0, 0.1) is 5.41 Å². The van der Waals surface area contributed by atoms with Crippen molar-refractivity contribution in [2.24, 2.45) is 5.41 Å². The molecule has 17 heavy (non-hydrogen) atoms. The molecule has 1 rings (SSSR count). The lowest BCUT2D eigenvalue weighted by Crippen LogP contribution is -2.36. The van der Waals surface area contributed by atoms with Gasteiger partial charge < -0.3 is 15.2 Å². The summed E-state index contributed by atoms with van der Waals surface area (Å²) in [5.74, 6) is 0. The van der Waals surface area contributed by atoms with Crippen molar-refractivity contribution in [1.82, 2.24) is 5.32 Å². The average molecular weight is 255 g/mol. The van der Waals surface area contributed by atoms with Crippen LogP contribution in [0.3, 0.4) is 0 Å². The summed E-state index contributed by atoms with van der Waals surface area (Å²) in [6.07, 6.45) is -0.0444. The molecule has 0 spiro atoms. The summed E-state index contributed by atoms with van der Waals surface area (Å²) < 4.78 is 39.7. The Hall–Kier alpha value is -0.330. The molecule has 0 atom stereocenters. The number of nitrogens with one attached hydrogen (secondary N) is 1. The van der Waals surface area contributed by atoms with Crippen LogP contribution in [-0.4, -0.2) is 44.2 Å². The van der Waals surface area contributed by atoms with E-state index in [1.807, 2.05) is 0 Å². The van der Waals surface area contributed by atoms with Crippen molar-refractivity contribution in [3.05, 3.63) is 0 Å². The zero-order valence-electron chi connectivity index (χ0n) is 9.85. The Morgan fingerprint density at radius 1 is 1.24 bits per heavy atom. The Labute approximate surface area is 99.3 Å². The van der Waals surface area contributed by atoms with Crippen LogP contribution in [0.1, 0.15) is 25.7 Å². The van der Waals surface area contributed by atoms with Crippen LogP contribution in [-0.2, 0) is 4.74 Å². The van der Waals surface area contributed by atoms with Crippen LogP contribution < -0.4 is 5.32 Å². The first kappa shape index (κ1) is 14.7. The third-order valence-corrected chi connectivity index (χ3v) is 3.19. The summed E-state index contributed by atoms with van der Waals surface area (Å²) in [7, 11) is 0. The molecule has 0 aliphatic heterocycles. The van der Waals surface area contributed by atoms with Gasteiger partial charge in [-0.25, -0.2) is 0 Å². The lowest BCUT2D eigenvalue weighted by Gasteiger charge is -2.26. The molecular formula is C11H20F3NO2. The normalized spacial score (nSPS) is 19.8. The van der Waals surface area contributed by atoms with Gasteiger partial charge in [0.25, 0.3) is 0 Å². The quantitative estimate of drug-likeness (QED) is 0.680. The van der Waals surface area contributed by atoms with Crippen molar-refractivity contribution in [2.45, 2.75) is 31.9 Å². The molecule has 102 valence electrons. The van der Waals surface area contributed by atoms with E-state index in [2.05, 4.69) is 10.1 Å². The van der Waals surface area contributed by atoms with Gasteiger partial charge in [-0.05, 0) is 12.8 Å². The zero-order chi connectivity index (χ0) is 12.8. The monoisotopic (exact) mass is 255 g/mol. The van der Waals surface area contributed by atoms with E-state index >= 15 is 0 Å². The highest BCUT2D eigenvalue weighted by Crippen LogP contribution is 2.36. The molecule has 1 saturated carbocycles. The first-order valence-electron chi connectivity index (χ1n) is 5.94. The Morgan fingerprint density at radius 3 is 2.41 bits per heavy atom. The third-order valence-electron chi connectivity index (χ3n) is 3.19. The van der Waals surface area contributed by atoms with Gasteiger partial charge in [0, 0.05) is 25.1 Å². The van der Waals surface area contributed by atoms with Gasteiger partial charge in [-0.2, -0.15) is 13.2 Å². The van der Waals surface area contributed by atoms with Crippen molar-refractivity contribution in [1.29, 1.82) is 0 Å². The molecule has 0 heterocycles. The van der Waals surface area contributed by atoms with Gasteiger partial charge in [-0.3, -0.25) is 0 Å². The molecular weight excluding hydrogens is 235 g/mol. The predicted molar refractivity (Wildman–Crippen MR) is 57.7 cm³/mol. The molecule has 1 fully saturated rings. The molecule has 0 saturated heterocycles. The molecule has 1 aliphatic rings. The van der Waals surface area contributed by atoms with E-state index in [-0.39, 0.29) is 18.6 Å². The fourth-order valence-corrected chi connectivity index (χ4v) is 2.20. The van der Waals surface area contributed by atoms with Crippen LogP contribution in [0.2, 0.25) is 0 Å². The molecule has 0 amide bonds. The van der Waals surface area contributed by atoms with Crippen molar-refractivity contribution < 1.29 is 23.0 Å². The van der Waals surface area contributed by atoms with Crippen LogP contribution in [0.5, 0.6) is 0 Å². The summed E-state index contributed by atoms with van der Waals surface area (Å²) in [5.41, 5.74) is -0.0654. The second-order valence-electron chi connectivity index (χ2n) is 4.71. The number of hydrogen-bond donors (Lipinski definition) is 2. The summed E-state index contributed by atoms with van der Waals surface area (Å²) in [6.45, 7) is 0.0287.